The second kappa shape index (κ2) is 4.15. The van der Waals surface area contributed by atoms with Gasteiger partial charge in [0.1, 0.15) is 5.69 Å². The number of piperidine rings is 1. The maximum Gasteiger partial charge on any atom is 0.117 e. The van der Waals surface area contributed by atoms with Gasteiger partial charge in [-0.1, -0.05) is 35.3 Å². The van der Waals surface area contributed by atoms with Crippen LogP contribution in [0.1, 0.15) is 24.5 Å². The molecule has 1 N–H and O–H groups in total. The second-order valence-corrected chi connectivity index (χ2v) is 5.98. The third-order valence-electron chi connectivity index (χ3n) is 4.19. The molecule has 19 heavy (non-hydrogen) atoms. The van der Waals surface area contributed by atoms with E-state index in [9.17, 15) is 0 Å². The number of benzene rings is 1. The Kier molecular flexibility index (Phi) is 2.54. The van der Waals surface area contributed by atoms with Crippen LogP contribution in [0.25, 0.3) is 11.3 Å². The molecule has 5 rings (SSSR count). The molecular weight excluding hydrogens is 281 g/mol. The van der Waals surface area contributed by atoms with Gasteiger partial charge in [0.25, 0.3) is 0 Å². The molecule has 0 saturated carbocycles. The Morgan fingerprint density at radius 1 is 1.21 bits per heavy atom. The number of nitrogens with one attached hydrogen (secondary N) is 1. The third-order valence-corrected chi connectivity index (χ3v) is 5.01. The van der Waals surface area contributed by atoms with E-state index >= 15 is 0 Å². The lowest BCUT2D eigenvalue weighted by molar-refractivity contribution is 0.466. The third kappa shape index (κ3) is 1.61. The highest BCUT2D eigenvalue weighted by atomic mass is 35.5. The Hall–Kier alpha value is -1.19. The molecular formula is C14H13Cl2N3. The zero-order chi connectivity index (χ0) is 13.0. The summed E-state index contributed by atoms with van der Waals surface area (Å²) in [6.07, 6.45) is 2.44. The summed E-state index contributed by atoms with van der Waals surface area (Å²) in [5, 5.41) is 8.87. The molecule has 1 aromatic carbocycles. The minimum Gasteiger partial charge on any atom is -0.368 e. The molecule has 0 unspecified atom stereocenters. The van der Waals surface area contributed by atoms with Gasteiger partial charge in [0, 0.05) is 24.6 Å². The van der Waals surface area contributed by atoms with Crippen molar-refractivity contribution in [3.05, 3.63) is 33.9 Å². The first-order valence-electron chi connectivity index (χ1n) is 6.53. The van der Waals surface area contributed by atoms with Gasteiger partial charge in [0.2, 0.25) is 0 Å². The average molecular weight is 294 g/mol. The van der Waals surface area contributed by atoms with E-state index in [1.54, 1.807) is 6.07 Å². The Bertz CT molecular complexity index is 642. The Morgan fingerprint density at radius 3 is 2.79 bits per heavy atom. The molecule has 0 atom stereocenters. The SMILES string of the molecule is Clc1cccc(-c2n[nH]c3c2N2CCC3CC2)c1Cl. The summed E-state index contributed by atoms with van der Waals surface area (Å²) in [6, 6.07) is 5.70. The van der Waals surface area contributed by atoms with Gasteiger partial charge >= 0.3 is 0 Å². The molecule has 0 aliphatic carbocycles. The average Bonchev–Trinajstić information content (AvgIpc) is 2.90. The molecule has 98 valence electrons. The van der Waals surface area contributed by atoms with Gasteiger partial charge < -0.3 is 4.90 Å². The molecule has 2 bridgehead atoms. The van der Waals surface area contributed by atoms with Crippen molar-refractivity contribution in [3.8, 4) is 11.3 Å². The monoisotopic (exact) mass is 293 g/mol. The summed E-state index contributed by atoms with van der Waals surface area (Å²) in [5.74, 6) is 0.624. The van der Waals surface area contributed by atoms with E-state index in [4.69, 9.17) is 23.2 Å². The molecule has 5 heteroatoms. The summed E-state index contributed by atoms with van der Waals surface area (Å²) in [7, 11) is 0. The zero-order valence-corrected chi connectivity index (χ0v) is 11.8. The Balaban J connectivity index is 1.92. The summed E-state index contributed by atoms with van der Waals surface area (Å²) < 4.78 is 0. The molecule has 0 amide bonds. The van der Waals surface area contributed by atoms with E-state index in [0.29, 0.717) is 16.0 Å². The van der Waals surface area contributed by atoms with Crippen molar-refractivity contribution in [1.82, 2.24) is 10.2 Å². The smallest absolute Gasteiger partial charge is 0.117 e. The van der Waals surface area contributed by atoms with Crippen LogP contribution in [0.3, 0.4) is 0 Å². The van der Waals surface area contributed by atoms with Crippen molar-refractivity contribution >= 4 is 28.9 Å². The first-order valence-corrected chi connectivity index (χ1v) is 7.29. The Labute approximate surface area is 121 Å². The van der Waals surface area contributed by atoms with Crippen molar-refractivity contribution in [2.24, 2.45) is 0 Å². The van der Waals surface area contributed by atoms with Crippen LogP contribution in [0.5, 0.6) is 0 Å². The van der Waals surface area contributed by atoms with Crippen LogP contribution in [0.15, 0.2) is 18.2 Å². The van der Waals surface area contributed by atoms with Gasteiger partial charge in [-0.15, -0.1) is 0 Å². The van der Waals surface area contributed by atoms with Gasteiger partial charge in [-0.2, -0.15) is 5.10 Å². The van der Waals surface area contributed by atoms with Crippen molar-refractivity contribution in [2.75, 3.05) is 18.0 Å². The van der Waals surface area contributed by atoms with Crippen molar-refractivity contribution in [1.29, 1.82) is 0 Å². The van der Waals surface area contributed by atoms with Crippen LogP contribution < -0.4 is 4.90 Å². The lowest BCUT2D eigenvalue weighted by Crippen LogP contribution is -2.38. The number of rotatable bonds is 1. The van der Waals surface area contributed by atoms with Crippen LogP contribution >= 0.6 is 23.2 Å². The van der Waals surface area contributed by atoms with Crippen LogP contribution in [-0.2, 0) is 0 Å². The maximum absolute atomic E-state index is 6.32. The van der Waals surface area contributed by atoms with Crippen molar-refractivity contribution in [2.45, 2.75) is 18.8 Å². The van der Waals surface area contributed by atoms with Crippen molar-refractivity contribution in [3.63, 3.8) is 0 Å². The molecule has 1 aromatic heterocycles. The molecule has 0 radical (unpaired) electrons. The van der Waals surface area contributed by atoms with Gasteiger partial charge in [0.05, 0.1) is 21.4 Å². The largest absolute Gasteiger partial charge is 0.368 e. The fourth-order valence-corrected chi connectivity index (χ4v) is 3.61. The molecule has 3 aliphatic heterocycles. The number of anilines is 1. The fourth-order valence-electron chi connectivity index (χ4n) is 3.22. The molecule has 1 fully saturated rings. The number of fused-ring (bicyclic) bond motifs is 2. The lowest BCUT2D eigenvalue weighted by atomic mass is 9.86. The summed E-state index contributed by atoms with van der Waals surface area (Å²) in [6.45, 7) is 2.23. The van der Waals surface area contributed by atoms with Crippen LogP contribution in [0, 0.1) is 0 Å². The zero-order valence-electron chi connectivity index (χ0n) is 10.3. The summed E-state index contributed by atoms with van der Waals surface area (Å²) in [4.78, 5) is 2.41. The molecule has 3 aliphatic rings. The summed E-state index contributed by atoms with van der Waals surface area (Å²) in [5.41, 5.74) is 4.35. The normalized spacial score (nSPS) is 17.9. The minimum atomic E-state index is 0.576. The highest BCUT2D eigenvalue weighted by Gasteiger charge is 2.35. The number of aromatic amines is 1. The van der Waals surface area contributed by atoms with E-state index in [-0.39, 0.29) is 0 Å². The predicted octanol–water partition coefficient (Wildman–Crippen LogP) is 4.08. The first-order chi connectivity index (χ1) is 9.25. The van der Waals surface area contributed by atoms with E-state index < -0.39 is 0 Å². The van der Waals surface area contributed by atoms with Crippen LogP contribution in [-0.4, -0.2) is 23.3 Å². The van der Waals surface area contributed by atoms with Gasteiger partial charge in [-0.3, -0.25) is 5.10 Å². The molecule has 4 heterocycles. The second-order valence-electron chi connectivity index (χ2n) is 5.20. The molecule has 2 aromatic rings. The van der Waals surface area contributed by atoms with Gasteiger partial charge in [0.15, 0.2) is 0 Å². The maximum atomic E-state index is 6.32. The summed E-state index contributed by atoms with van der Waals surface area (Å²) >= 11 is 12.4. The lowest BCUT2D eigenvalue weighted by Gasteiger charge is -2.40. The number of halogens is 2. The highest BCUT2D eigenvalue weighted by Crippen LogP contribution is 2.47. The Morgan fingerprint density at radius 2 is 2.00 bits per heavy atom. The van der Waals surface area contributed by atoms with Gasteiger partial charge in [-0.05, 0) is 18.9 Å². The van der Waals surface area contributed by atoms with E-state index in [1.165, 1.54) is 24.2 Å². The number of H-pyrrole nitrogens is 1. The standard InChI is InChI=1S/C14H13Cl2N3/c15-10-3-1-2-9(11(10)16)13-14-12(17-18-13)8-4-6-19(14)7-5-8/h1-3,8H,4-7H2,(H,17,18). The van der Waals surface area contributed by atoms with Crippen LogP contribution in [0.2, 0.25) is 10.0 Å². The van der Waals surface area contributed by atoms with E-state index in [2.05, 4.69) is 15.1 Å². The molecule has 0 spiro atoms. The number of hydrogen-bond acceptors (Lipinski definition) is 2. The fraction of sp³-hybridized carbons (Fsp3) is 0.357. The van der Waals surface area contributed by atoms with Gasteiger partial charge in [-0.25, -0.2) is 0 Å². The number of nitrogens with zero attached hydrogens (tertiary/aromatic N) is 2. The minimum absolute atomic E-state index is 0.576. The van der Waals surface area contributed by atoms with Crippen molar-refractivity contribution < 1.29 is 0 Å². The number of hydrogen-bond donors (Lipinski definition) is 1. The predicted molar refractivity (Wildman–Crippen MR) is 78.2 cm³/mol. The highest BCUT2D eigenvalue weighted by molar-refractivity contribution is 6.43. The number of aromatic nitrogens is 2. The molecule has 1 saturated heterocycles. The molecule has 3 nitrogen and oxygen atoms in total. The quantitative estimate of drug-likeness (QED) is 0.859. The topological polar surface area (TPSA) is 31.9 Å². The van der Waals surface area contributed by atoms with E-state index in [0.717, 1.165) is 24.3 Å². The van der Waals surface area contributed by atoms with Crippen LogP contribution in [0.4, 0.5) is 5.69 Å². The van der Waals surface area contributed by atoms with E-state index in [1.807, 2.05) is 12.1 Å². The first kappa shape index (κ1) is 11.6.